The molecule has 15 heavy (non-hydrogen) atoms. The summed E-state index contributed by atoms with van der Waals surface area (Å²) in [5.74, 6) is -1.36. The molecule has 1 aromatic rings. The molecule has 0 aliphatic carbocycles. The van der Waals surface area contributed by atoms with Gasteiger partial charge in [0.25, 0.3) is 0 Å². The Kier molecular flexibility index (Phi) is 3.23. The molecule has 0 spiro atoms. The van der Waals surface area contributed by atoms with Crippen LogP contribution in [0.25, 0.3) is 0 Å². The van der Waals surface area contributed by atoms with Gasteiger partial charge in [-0.15, -0.1) is 0 Å². The van der Waals surface area contributed by atoms with Crippen molar-refractivity contribution in [2.75, 3.05) is 6.61 Å². The van der Waals surface area contributed by atoms with Crippen LogP contribution in [0.4, 0.5) is 17.6 Å². The van der Waals surface area contributed by atoms with Gasteiger partial charge in [-0.2, -0.15) is 13.2 Å². The van der Waals surface area contributed by atoms with Crippen molar-refractivity contribution >= 4 is 6.29 Å². The Balaban J connectivity index is 2.81. The third-order valence-electron chi connectivity index (χ3n) is 1.34. The summed E-state index contributed by atoms with van der Waals surface area (Å²) in [6.07, 6.45) is -3.70. The van der Waals surface area contributed by atoms with Crippen LogP contribution in [-0.4, -0.2) is 24.1 Å². The molecule has 0 bridgehead atoms. The maximum absolute atomic E-state index is 12.5. The number of nitrogens with zero attached hydrogens (tertiary/aromatic N) is 1. The Morgan fingerprint density at radius 2 is 2.13 bits per heavy atom. The van der Waals surface area contributed by atoms with Gasteiger partial charge in [0.15, 0.2) is 12.9 Å². The summed E-state index contributed by atoms with van der Waals surface area (Å²) in [5, 5.41) is 0. The van der Waals surface area contributed by atoms with E-state index < -0.39 is 24.5 Å². The van der Waals surface area contributed by atoms with Crippen LogP contribution in [0.3, 0.4) is 0 Å². The summed E-state index contributed by atoms with van der Waals surface area (Å²) in [6, 6.07) is 0.742. The average Bonchev–Trinajstić information content (AvgIpc) is 2.14. The Morgan fingerprint density at radius 3 is 2.67 bits per heavy atom. The number of rotatable bonds is 3. The van der Waals surface area contributed by atoms with Crippen molar-refractivity contribution in [2.24, 2.45) is 0 Å². The van der Waals surface area contributed by atoms with Gasteiger partial charge in [-0.3, -0.25) is 4.79 Å². The second-order valence-corrected chi connectivity index (χ2v) is 2.57. The predicted molar refractivity (Wildman–Crippen MR) is 41.1 cm³/mol. The molecule has 82 valence electrons. The summed E-state index contributed by atoms with van der Waals surface area (Å²) in [7, 11) is 0. The standard InChI is InChI=1S/C8H5F4NO2/c9-6-1-5(3-14)7(13-2-6)15-4-8(10,11)12/h1-3H,4H2. The molecule has 0 unspecified atom stereocenters. The third kappa shape index (κ3) is 3.53. The number of hydrogen-bond donors (Lipinski definition) is 0. The molecule has 1 rings (SSSR count). The number of aldehydes is 1. The second-order valence-electron chi connectivity index (χ2n) is 2.57. The van der Waals surface area contributed by atoms with Crippen molar-refractivity contribution in [3.63, 3.8) is 0 Å². The quantitative estimate of drug-likeness (QED) is 0.581. The fourth-order valence-corrected chi connectivity index (χ4v) is 0.798. The first-order chi connectivity index (χ1) is 6.92. The number of carbonyl (C=O) groups is 1. The zero-order valence-corrected chi connectivity index (χ0v) is 7.21. The van der Waals surface area contributed by atoms with E-state index in [1.54, 1.807) is 0 Å². The van der Waals surface area contributed by atoms with Crippen LogP contribution in [0.5, 0.6) is 5.88 Å². The molecule has 0 aliphatic rings. The minimum Gasteiger partial charge on any atom is -0.467 e. The van der Waals surface area contributed by atoms with Gasteiger partial charge in [0.2, 0.25) is 5.88 Å². The minimum absolute atomic E-state index is 0.168. The number of aromatic nitrogens is 1. The number of ether oxygens (including phenoxy) is 1. The molecule has 0 radical (unpaired) electrons. The zero-order valence-electron chi connectivity index (χ0n) is 7.21. The first kappa shape index (κ1) is 11.4. The molecular weight excluding hydrogens is 218 g/mol. The van der Waals surface area contributed by atoms with Gasteiger partial charge in [-0.05, 0) is 6.07 Å². The van der Waals surface area contributed by atoms with Crippen molar-refractivity contribution in [1.82, 2.24) is 4.98 Å². The van der Waals surface area contributed by atoms with E-state index in [4.69, 9.17) is 0 Å². The Bertz CT molecular complexity index is 364. The Hall–Kier alpha value is -1.66. The van der Waals surface area contributed by atoms with Crippen molar-refractivity contribution in [1.29, 1.82) is 0 Å². The fraction of sp³-hybridized carbons (Fsp3) is 0.250. The van der Waals surface area contributed by atoms with Crippen LogP contribution in [0, 0.1) is 5.82 Å². The van der Waals surface area contributed by atoms with Gasteiger partial charge >= 0.3 is 6.18 Å². The summed E-state index contributed by atoms with van der Waals surface area (Å²) in [6.45, 7) is -1.58. The monoisotopic (exact) mass is 223 g/mol. The molecule has 0 atom stereocenters. The molecule has 0 aromatic carbocycles. The molecule has 1 aromatic heterocycles. The van der Waals surface area contributed by atoms with Crippen LogP contribution in [0.1, 0.15) is 10.4 Å². The van der Waals surface area contributed by atoms with Crippen LogP contribution in [0.2, 0.25) is 0 Å². The van der Waals surface area contributed by atoms with E-state index in [1.807, 2.05) is 0 Å². The minimum atomic E-state index is -4.53. The Labute approximate surface area is 81.7 Å². The lowest BCUT2D eigenvalue weighted by atomic mass is 10.3. The SMILES string of the molecule is O=Cc1cc(F)cnc1OCC(F)(F)F. The summed E-state index contributed by atoms with van der Waals surface area (Å²) < 4.78 is 51.9. The van der Waals surface area contributed by atoms with E-state index >= 15 is 0 Å². The maximum atomic E-state index is 12.5. The Morgan fingerprint density at radius 1 is 1.47 bits per heavy atom. The van der Waals surface area contributed by atoms with Crippen LogP contribution < -0.4 is 4.74 Å². The van der Waals surface area contributed by atoms with Crippen molar-refractivity contribution in [3.8, 4) is 5.88 Å². The number of hydrogen-bond acceptors (Lipinski definition) is 3. The molecule has 0 N–H and O–H groups in total. The van der Waals surface area contributed by atoms with E-state index in [0.717, 1.165) is 6.07 Å². The normalized spacial score (nSPS) is 11.2. The summed E-state index contributed by atoms with van der Waals surface area (Å²) >= 11 is 0. The average molecular weight is 223 g/mol. The number of pyridine rings is 1. The first-order valence-electron chi connectivity index (χ1n) is 3.72. The molecule has 0 saturated heterocycles. The van der Waals surface area contributed by atoms with E-state index in [0.29, 0.717) is 6.20 Å². The molecule has 1 heterocycles. The van der Waals surface area contributed by atoms with Crippen molar-refractivity contribution in [3.05, 3.63) is 23.6 Å². The van der Waals surface area contributed by atoms with Crippen LogP contribution in [0.15, 0.2) is 12.3 Å². The van der Waals surface area contributed by atoms with Crippen molar-refractivity contribution < 1.29 is 27.1 Å². The van der Waals surface area contributed by atoms with Crippen LogP contribution in [-0.2, 0) is 0 Å². The van der Waals surface area contributed by atoms with E-state index in [9.17, 15) is 22.4 Å². The van der Waals surface area contributed by atoms with Gasteiger partial charge in [0.05, 0.1) is 11.8 Å². The van der Waals surface area contributed by atoms with Crippen LogP contribution >= 0.6 is 0 Å². The maximum Gasteiger partial charge on any atom is 0.422 e. The lowest BCUT2D eigenvalue weighted by Crippen LogP contribution is -2.20. The van der Waals surface area contributed by atoms with Crippen molar-refractivity contribution in [2.45, 2.75) is 6.18 Å². The highest BCUT2D eigenvalue weighted by Gasteiger charge is 2.29. The van der Waals surface area contributed by atoms with Gasteiger partial charge in [0, 0.05) is 0 Å². The molecule has 0 saturated carbocycles. The molecule has 0 amide bonds. The molecule has 3 nitrogen and oxygen atoms in total. The van der Waals surface area contributed by atoms with Gasteiger partial charge < -0.3 is 4.74 Å². The summed E-state index contributed by atoms with van der Waals surface area (Å²) in [5.41, 5.74) is -0.362. The second kappa shape index (κ2) is 4.24. The zero-order chi connectivity index (χ0) is 11.5. The molecule has 7 heteroatoms. The molecule has 0 aliphatic heterocycles. The van der Waals surface area contributed by atoms with E-state index in [2.05, 4.69) is 9.72 Å². The highest BCUT2D eigenvalue weighted by Crippen LogP contribution is 2.19. The number of alkyl halides is 3. The smallest absolute Gasteiger partial charge is 0.422 e. The van der Waals surface area contributed by atoms with Gasteiger partial charge in [0.1, 0.15) is 5.82 Å². The van der Waals surface area contributed by atoms with E-state index in [-0.39, 0.29) is 11.8 Å². The highest BCUT2D eigenvalue weighted by atomic mass is 19.4. The first-order valence-corrected chi connectivity index (χ1v) is 3.72. The number of carbonyl (C=O) groups excluding carboxylic acids is 1. The van der Waals surface area contributed by atoms with E-state index in [1.165, 1.54) is 0 Å². The lowest BCUT2D eigenvalue weighted by molar-refractivity contribution is -0.154. The van der Waals surface area contributed by atoms with Gasteiger partial charge in [-0.1, -0.05) is 0 Å². The summed E-state index contributed by atoms with van der Waals surface area (Å²) in [4.78, 5) is 13.6. The molecular formula is C8H5F4NO2. The predicted octanol–water partition coefficient (Wildman–Crippen LogP) is 1.97. The highest BCUT2D eigenvalue weighted by molar-refractivity contribution is 5.77. The topological polar surface area (TPSA) is 39.2 Å². The largest absolute Gasteiger partial charge is 0.467 e. The number of halogens is 4. The van der Waals surface area contributed by atoms with Gasteiger partial charge in [-0.25, -0.2) is 9.37 Å². The molecule has 0 fully saturated rings. The fourth-order valence-electron chi connectivity index (χ4n) is 0.798. The lowest BCUT2D eigenvalue weighted by Gasteiger charge is -2.09. The third-order valence-corrected chi connectivity index (χ3v) is 1.34.